The zero-order chi connectivity index (χ0) is 19.8. The fourth-order valence-electron chi connectivity index (χ4n) is 3.33. The molecule has 2 aromatic carbocycles. The third-order valence-electron chi connectivity index (χ3n) is 4.65. The summed E-state index contributed by atoms with van der Waals surface area (Å²) in [6.07, 6.45) is 5.93. The Labute approximate surface area is 165 Å². The van der Waals surface area contributed by atoms with Crippen molar-refractivity contribution in [3.8, 4) is 5.75 Å². The first kappa shape index (κ1) is 19.7. The number of nitrogens with one attached hydrogen (secondary N) is 1. The lowest BCUT2D eigenvalue weighted by atomic mass is 9.88. The summed E-state index contributed by atoms with van der Waals surface area (Å²) in [5.41, 5.74) is 3.28. The van der Waals surface area contributed by atoms with E-state index in [4.69, 9.17) is 9.47 Å². The lowest BCUT2D eigenvalue weighted by molar-refractivity contribution is -0.144. The van der Waals surface area contributed by atoms with Crippen LogP contribution in [-0.4, -0.2) is 25.1 Å². The quantitative estimate of drug-likeness (QED) is 0.586. The monoisotopic (exact) mass is 379 g/mol. The Morgan fingerprint density at radius 1 is 1.14 bits per heavy atom. The maximum absolute atomic E-state index is 12.2. The van der Waals surface area contributed by atoms with Gasteiger partial charge in [0.25, 0.3) is 5.91 Å². The smallest absolute Gasteiger partial charge is 0.331 e. The summed E-state index contributed by atoms with van der Waals surface area (Å²) in [6.45, 7) is 2.24. The zero-order valence-electron chi connectivity index (χ0n) is 16.0. The molecule has 0 saturated carbocycles. The van der Waals surface area contributed by atoms with Crippen LogP contribution in [0.1, 0.15) is 42.5 Å². The summed E-state index contributed by atoms with van der Waals surface area (Å²) >= 11 is 0. The maximum Gasteiger partial charge on any atom is 0.331 e. The van der Waals surface area contributed by atoms with Gasteiger partial charge in [-0.05, 0) is 61.1 Å². The number of amides is 1. The SMILES string of the molecule is CCOc1ccc(/C=C/C(=O)OCC(=O)N[C@H]2CCCc3ccccc32)cc1. The number of hydrogen-bond donors (Lipinski definition) is 1. The van der Waals surface area contributed by atoms with Gasteiger partial charge in [0.1, 0.15) is 5.75 Å². The molecule has 28 heavy (non-hydrogen) atoms. The van der Waals surface area contributed by atoms with Gasteiger partial charge in [0.05, 0.1) is 12.6 Å². The molecule has 3 rings (SSSR count). The molecule has 0 unspecified atom stereocenters. The van der Waals surface area contributed by atoms with Crippen molar-refractivity contribution in [2.24, 2.45) is 0 Å². The average Bonchev–Trinajstić information content (AvgIpc) is 2.72. The highest BCUT2D eigenvalue weighted by Gasteiger charge is 2.21. The first-order valence-corrected chi connectivity index (χ1v) is 9.60. The number of fused-ring (bicyclic) bond motifs is 1. The van der Waals surface area contributed by atoms with Crippen LogP contribution >= 0.6 is 0 Å². The van der Waals surface area contributed by atoms with E-state index in [-0.39, 0.29) is 18.6 Å². The van der Waals surface area contributed by atoms with Crippen molar-refractivity contribution in [1.82, 2.24) is 5.32 Å². The van der Waals surface area contributed by atoms with Gasteiger partial charge >= 0.3 is 5.97 Å². The highest BCUT2D eigenvalue weighted by Crippen LogP contribution is 2.29. The first-order valence-electron chi connectivity index (χ1n) is 9.60. The van der Waals surface area contributed by atoms with E-state index in [1.54, 1.807) is 6.08 Å². The summed E-state index contributed by atoms with van der Waals surface area (Å²) in [7, 11) is 0. The van der Waals surface area contributed by atoms with Crippen LogP contribution in [0, 0.1) is 0 Å². The molecule has 1 aliphatic rings. The molecule has 0 heterocycles. The molecule has 1 aliphatic carbocycles. The van der Waals surface area contributed by atoms with Gasteiger partial charge in [0.2, 0.25) is 0 Å². The highest BCUT2D eigenvalue weighted by atomic mass is 16.5. The van der Waals surface area contributed by atoms with Crippen molar-refractivity contribution in [3.05, 3.63) is 71.3 Å². The predicted octanol–water partition coefficient (Wildman–Crippen LogP) is 3.84. The van der Waals surface area contributed by atoms with Gasteiger partial charge in [0.15, 0.2) is 6.61 Å². The van der Waals surface area contributed by atoms with Crippen LogP contribution in [0.25, 0.3) is 6.08 Å². The molecule has 2 aromatic rings. The highest BCUT2D eigenvalue weighted by molar-refractivity contribution is 5.89. The largest absolute Gasteiger partial charge is 0.494 e. The van der Waals surface area contributed by atoms with Gasteiger partial charge in [-0.15, -0.1) is 0 Å². The molecule has 0 spiro atoms. The van der Waals surface area contributed by atoms with Crippen LogP contribution in [0.4, 0.5) is 0 Å². The van der Waals surface area contributed by atoms with Crippen molar-refractivity contribution in [2.45, 2.75) is 32.2 Å². The molecule has 0 radical (unpaired) electrons. The number of esters is 1. The van der Waals surface area contributed by atoms with Crippen molar-refractivity contribution in [2.75, 3.05) is 13.2 Å². The third-order valence-corrected chi connectivity index (χ3v) is 4.65. The van der Waals surface area contributed by atoms with Crippen molar-refractivity contribution < 1.29 is 19.1 Å². The van der Waals surface area contributed by atoms with E-state index in [0.717, 1.165) is 36.1 Å². The number of benzene rings is 2. The second-order valence-corrected chi connectivity index (χ2v) is 6.65. The summed E-state index contributed by atoms with van der Waals surface area (Å²) in [6, 6.07) is 15.5. The Kier molecular flexibility index (Phi) is 6.84. The molecule has 0 bridgehead atoms. The molecule has 1 amide bonds. The molecule has 0 aliphatic heterocycles. The minimum atomic E-state index is -0.548. The van der Waals surface area contributed by atoms with E-state index >= 15 is 0 Å². The molecule has 1 N–H and O–H groups in total. The summed E-state index contributed by atoms with van der Waals surface area (Å²) < 4.78 is 10.4. The van der Waals surface area contributed by atoms with E-state index in [1.807, 2.05) is 49.4 Å². The standard InChI is InChI=1S/C23H25NO4/c1-2-27-19-13-10-17(11-14-19)12-15-23(26)28-16-22(25)24-21-9-5-7-18-6-3-4-8-20(18)21/h3-4,6,8,10-15,21H,2,5,7,9,16H2,1H3,(H,24,25)/b15-12+/t21-/m0/s1. The van der Waals surface area contributed by atoms with Gasteiger partial charge in [-0.3, -0.25) is 4.79 Å². The topological polar surface area (TPSA) is 64.6 Å². The second kappa shape index (κ2) is 9.74. The summed E-state index contributed by atoms with van der Waals surface area (Å²) in [5.74, 6) is -0.0548. The summed E-state index contributed by atoms with van der Waals surface area (Å²) in [5, 5.41) is 2.97. The van der Waals surface area contributed by atoms with Crippen LogP contribution < -0.4 is 10.1 Å². The predicted molar refractivity (Wildman–Crippen MR) is 108 cm³/mol. The molecule has 1 atom stereocenters. The average molecular weight is 379 g/mol. The fraction of sp³-hybridized carbons (Fsp3) is 0.304. The number of carbonyl (C=O) groups is 2. The zero-order valence-corrected chi connectivity index (χ0v) is 16.0. The minimum Gasteiger partial charge on any atom is -0.494 e. The van der Waals surface area contributed by atoms with Gasteiger partial charge in [-0.1, -0.05) is 36.4 Å². The van der Waals surface area contributed by atoms with E-state index < -0.39 is 5.97 Å². The summed E-state index contributed by atoms with van der Waals surface area (Å²) in [4.78, 5) is 24.0. The van der Waals surface area contributed by atoms with E-state index in [2.05, 4.69) is 11.4 Å². The Morgan fingerprint density at radius 2 is 1.93 bits per heavy atom. The van der Waals surface area contributed by atoms with Gasteiger partial charge in [0, 0.05) is 6.08 Å². The molecule has 5 heteroatoms. The third kappa shape index (κ3) is 5.46. The van der Waals surface area contributed by atoms with Crippen molar-refractivity contribution in [3.63, 3.8) is 0 Å². The van der Waals surface area contributed by atoms with E-state index in [9.17, 15) is 9.59 Å². The molecular weight excluding hydrogens is 354 g/mol. The Hall–Kier alpha value is -3.08. The number of hydrogen-bond acceptors (Lipinski definition) is 4. The number of ether oxygens (including phenoxy) is 2. The van der Waals surface area contributed by atoms with E-state index in [0.29, 0.717) is 6.61 Å². The van der Waals surface area contributed by atoms with Crippen LogP contribution in [0.2, 0.25) is 0 Å². The Morgan fingerprint density at radius 3 is 2.71 bits per heavy atom. The van der Waals surface area contributed by atoms with Crippen LogP contribution in [0.15, 0.2) is 54.6 Å². The van der Waals surface area contributed by atoms with Crippen LogP contribution in [-0.2, 0) is 20.7 Å². The molecule has 5 nitrogen and oxygen atoms in total. The number of carbonyl (C=O) groups excluding carboxylic acids is 2. The van der Waals surface area contributed by atoms with E-state index in [1.165, 1.54) is 11.6 Å². The molecule has 0 fully saturated rings. The second-order valence-electron chi connectivity index (χ2n) is 6.65. The minimum absolute atomic E-state index is 0.0180. The Balaban J connectivity index is 1.46. The molecule has 0 aromatic heterocycles. The first-order chi connectivity index (χ1) is 13.7. The lowest BCUT2D eigenvalue weighted by Crippen LogP contribution is -2.34. The van der Waals surface area contributed by atoms with Gasteiger partial charge in [-0.25, -0.2) is 4.79 Å². The van der Waals surface area contributed by atoms with Crippen molar-refractivity contribution in [1.29, 1.82) is 0 Å². The fourth-order valence-corrected chi connectivity index (χ4v) is 3.33. The molecule has 0 saturated heterocycles. The number of rotatable bonds is 7. The van der Waals surface area contributed by atoms with Gasteiger partial charge in [-0.2, -0.15) is 0 Å². The van der Waals surface area contributed by atoms with Gasteiger partial charge < -0.3 is 14.8 Å². The Bertz CT molecular complexity index is 842. The maximum atomic E-state index is 12.2. The lowest BCUT2D eigenvalue weighted by Gasteiger charge is -2.26. The van der Waals surface area contributed by atoms with Crippen LogP contribution in [0.5, 0.6) is 5.75 Å². The normalized spacial score (nSPS) is 15.7. The molecular formula is C23H25NO4. The van der Waals surface area contributed by atoms with Crippen LogP contribution in [0.3, 0.4) is 0 Å². The van der Waals surface area contributed by atoms with Crippen molar-refractivity contribution >= 4 is 18.0 Å². The molecule has 146 valence electrons. The number of aryl methyl sites for hydroxylation is 1.